The summed E-state index contributed by atoms with van der Waals surface area (Å²) in [4.78, 5) is 4.50. The van der Waals surface area contributed by atoms with Gasteiger partial charge in [0.1, 0.15) is 21.1 Å². The Morgan fingerprint density at radius 3 is 1.46 bits per heavy atom. The lowest BCUT2D eigenvalue weighted by atomic mass is 9.17. The van der Waals surface area contributed by atoms with E-state index in [1.54, 1.807) is 0 Å². The second kappa shape index (κ2) is 7.04. The van der Waals surface area contributed by atoms with Crippen LogP contribution >= 0.6 is 0 Å². The van der Waals surface area contributed by atoms with Gasteiger partial charge < -0.3 is 4.57 Å². The maximum atomic E-state index is 4.50. The molecule has 0 atom stereocenters. The monoisotopic (exact) mass is 371 g/mol. The van der Waals surface area contributed by atoms with Gasteiger partial charge in [0.05, 0.1) is 6.33 Å². The molecule has 0 aliphatic carbocycles. The quantitative estimate of drug-likeness (QED) is 0.310. The van der Waals surface area contributed by atoms with Gasteiger partial charge in [-0.25, -0.2) is 18.7 Å². The van der Waals surface area contributed by atoms with Crippen molar-refractivity contribution in [2.75, 3.05) is 0 Å². The minimum Gasteiger partial charge on any atom is -0.374 e. The maximum Gasteiger partial charge on any atom is 0.338 e. The van der Waals surface area contributed by atoms with Gasteiger partial charge in [-0.05, 0) is 18.2 Å². The first-order chi connectivity index (χ1) is 13.6. The normalized spacial score (nSPS) is 11.6. The van der Waals surface area contributed by atoms with Crippen LogP contribution in [0.1, 0.15) is 0 Å². The Kier molecular flexibility index (Phi) is 4.55. The van der Waals surface area contributed by atoms with Crippen LogP contribution in [0.2, 0.25) is 0 Å². The molecule has 0 saturated carbocycles. The van der Waals surface area contributed by atoms with Gasteiger partial charge in [-0.1, -0.05) is 23.8 Å². The predicted molar refractivity (Wildman–Crippen MR) is 110 cm³/mol. The standard InChI is InChI=1S/C22H26BN5/c1-25-14-8-5-11-19(25)23(22-17-24-18-28(22)4,20-12-6-9-15-26(20)2)21-13-7-10-16-27(21)3/h5-18H,1-4H3/q+2. The second-order valence-corrected chi connectivity index (χ2v) is 7.50. The minimum absolute atomic E-state index is 1.17. The number of pyridine rings is 3. The van der Waals surface area contributed by atoms with Crippen LogP contribution in [-0.2, 0) is 28.2 Å². The molecule has 4 aromatic heterocycles. The van der Waals surface area contributed by atoms with E-state index in [9.17, 15) is 0 Å². The number of hydrogen-bond acceptors (Lipinski definition) is 1. The van der Waals surface area contributed by atoms with E-state index >= 15 is 0 Å². The predicted octanol–water partition coefficient (Wildman–Crippen LogP) is -1.73. The second-order valence-electron chi connectivity index (χ2n) is 7.50. The Morgan fingerprint density at radius 1 is 0.714 bits per heavy atom. The molecule has 0 fully saturated rings. The van der Waals surface area contributed by atoms with Crippen molar-refractivity contribution < 1.29 is 13.7 Å². The van der Waals surface area contributed by atoms with Crippen LogP contribution in [0.3, 0.4) is 0 Å². The maximum absolute atomic E-state index is 4.50. The summed E-state index contributed by atoms with van der Waals surface area (Å²) in [6.45, 7) is 0. The number of aryl methyl sites for hydroxylation is 4. The van der Waals surface area contributed by atoms with Crippen molar-refractivity contribution in [3.05, 3.63) is 85.7 Å². The van der Waals surface area contributed by atoms with Gasteiger partial charge in [-0.15, -0.1) is 0 Å². The average molecular weight is 371 g/mol. The van der Waals surface area contributed by atoms with Crippen molar-refractivity contribution in [3.63, 3.8) is 0 Å². The summed E-state index contributed by atoms with van der Waals surface area (Å²) in [5.41, 5.74) is 4.87. The summed E-state index contributed by atoms with van der Waals surface area (Å²) in [5.74, 6) is 0. The van der Waals surface area contributed by atoms with Gasteiger partial charge in [0.15, 0.2) is 18.6 Å². The van der Waals surface area contributed by atoms with Crippen molar-refractivity contribution >= 4 is 28.5 Å². The minimum atomic E-state index is -1.49. The van der Waals surface area contributed by atoms with E-state index in [1.807, 2.05) is 12.5 Å². The molecule has 6 heteroatoms. The van der Waals surface area contributed by atoms with Crippen LogP contribution in [-0.4, -0.2) is 15.7 Å². The topological polar surface area (TPSA) is 29.5 Å². The van der Waals surface area contributed by atoms with E-state index in [-0.39, 0.29) is 0 Å². The Bertz CT molecular complexity index is 1020. The molecule has 0 aromatic carbocycles. The number of hydrogen-bond donors (Lipinski definition) is 0. The lowest BCUT2D eigenvalue weighted by Crippen LogP contribution is -2.89. The van der Waals surface area contributed by atoms with Crippen LogP contribution in [0, 0.1) is 0 Å². The zero-order valence-corrected chi connectivity index (χ0v) is 16.9. The zero-order chi connectivity index (χ0) is 19.7. The Labute approximate surface area is 166 Å². The van der Waals surface area contributed by atoms with Crippen molar-refractivity contribution in [2.24, 2.45) is 28.2 Å². The highest BCUT2D eigenvalue weighted by Gasteiger charge is 2.51. The van der Waals surface area contributed by atoms with Gasteiger partial charge in [-0.3, -0.25) is 0 Å². The molecule has 0 aliphatic heterocycles. The number of nitrogens with zero attached hydrogens (tertiary/aromatic N) is 5. The Balaban J connectivity index is 2.26. The third-order valence-electron chi connectivity index (χ3n) is 5.91. The van der Waals surface area contributed by atoms with Crippen LogP contribution in [0.5, 0.6) is 0 Å². The van der Waals surface area contributed by atoms with Gasteiger partial charge in [0, 0.05) is 48.2 Å². The molecule has 0 spiro atoms. The van der Waals surface area contributed by atoms with Gasteiger partial charge in [0.2, 0.25) is 0 Å². The van der Waals surface area contributed by atoms with Crippen LogP contribution in [0.15, 0.2) is 85.7 Å². The van der Waals surface area contributed by atoms with Gasteiger partial charge in [-0.2, -0.15) is 0 Å². The molecule has 4 aromatic rings. The van der Waals surface area contributed by atoms with Crippen LogP contribution < -0.4 is 36.1 Å². The van der Waals surface area contributed by atoms with E-state index in [0.717, 1.165) is 0 Å². The molecule has 0 radical (unpaired) electrons. The summed E-state index contributed by atoms with van der Waals surface area (Å²) in [6.07, 6.45) is 8.77. The highest BCUT2D eigenvalue weighted by molar-refractivity contribution is 7.17. The first-order valence-corrected chi connectivity index (χ1v) is 9.54. The molecular weight excluding hydrogens is 345 g/mol. The Morgan fingerprint density at radius 2 is 1.14 bits per heavy atom. The molecule has 0 N–H and O–H groups in total. The highest BCUT2D eigenvalue weighted by atomic mass is 15.0. The summed E-state index contributed by atoms with van der Waals surface area (Å²) in [5, 5.41) is 0. The summed E-state index contributed by atoms with van der Waals surface area (Å²) < 4.78 is 8.83. The molecular formula is C22H26BN5+2. The molecule has 0 saturated heterocycles. The van der Waals surface area contributed by atoms with Crippen LogP contribution in [0.25, 0.3) is 0 Å². The fourth-order valence-corrected chi connectivity index (χ4v) is 4.65. The highest BCUT2D eigenvalue weighted by Crippen LogP contribution is 2.03. The SMILES string of the molecule is Cn1cncc1[B-](c1cccc[n+]1C)(c1cccc[n+]1C)c1cccc[n+]1C. The third-order valence-corrected chi connectivity index (χ3v) is 5.91. The number of aromatic nitrogens is 5. The first-order valence-electron chi connectivity index (χ1n) is 9.54. The van der Waals surface area contributed by atoms with Gasteiger partial charge >= 0.3 is 6.15 Å². The van der Waals surface area contributed by atoms with E-state index < -0.39 is 6.15 Å². The molecule has 4 heterocycles. The van der Waals surface area contributed by atoms with Crippen molar-refractivity contribution in [1.82, 2.24) is 9.55 Å². The third kappa shape index (κ3) is 2.64. The van der Waals surface area contributed by atoms with Gasteiger partial charge in [0.25, 0.3) is 0 Å². The summed E-state index contributed by atoms with van der Waals surface area (Å²) in [7, 11) is 8.43. The van der Waals surface area contributed by atoms with E-state index in [0.29, 0.717) is 0 Å². The van der Waals surface area contributed by atoms with Crippen molar-refractivity contribution in [1.29, 1.82) is 0 Å². The average Bonchev–Trinajstić information content (AvgIpc) is 3.12. The molecule has 4 rings (SSSR count). The van der Waals surface area contributed by atoms with Crippen molar-refractivity contribution in [3.8, 4) is 0 Å². The van der Waals surface area contributed by atoms with E-state index in [1.165, 1.54) is 22.4 Å². The molecule has 5 nitrogen and oxygen atoms in total. The zero-order valence-electron chi connectivity index (χ0n) is 16.9. The van der Waals surface area contributed by atoms with Crippen molar-refractivity contribution in [2.45, 2.75) is 0 Å². The molecule has 0 bridgehead atoms. The van der Waals surface area contributed by atoms with E-state index in [4.69, 9.17) is 0 Å². The first kappa shape index (κ1) is 18.1. The number of imidazole rings is 1. The van der Waals surface area contributed by atoms with Crippen LogP contribution in [0.4, 0.5) is 0 Å². The smallest absolute Gasteiger partial charge is 0.338 e. The summed E-state index contributed by atoms with van der Waals surface area (Å²) >= 11 is 0. The molecule has 28 heavy (non-hydrogen) atoms. The molecule has 0 unspecified atom stereocenters. The van der Waals surface area contributed by atoms with E-state index in [2.05, 4.69) is 125 Å². The lowest BCUT2D eigenvalue weighted by molar-refractivity contribution is -0.663. The largest absolute Gasteiger partial charge is 0.374 e. The summed E-state index contributed by atoms with van der Waals surface area (Å²) in [6, 6.07) is 19.3. The molecule has 0 aliphatic rings. The lowest BCUT2D eigenvalue weighted by Gasteiger charge is -2.33. The molecule has 0 amide bonds. The molecule has 140 valence electrons. The number of rotatable bonds is 4. The fraction of sp³-hybridized carbons (Fsp3) is 0.182. The fourth-order valence-electron chi connectivity index (χ4n) is 4.65. The Hall–Kier alpha value is -3.28.